The number of carbonyl (C=O) groups is 1. The van der Waals surface area contributed by atoms with E-state index in [1.54, 1.807) is 0 Å². The first kappa shape index (κ1) is 23.9. The van der Waals surface area contributed by atoms with Crippen LogP contribution in [0.2, 0.25) is 0 Å². The van der Waals surface area contributed by atoms with E-state index in [0.29, 0.717) is 4.68 Å². The number of nitrogens with one attached hydrogen (secondary N) is 1. The van der Waals surface area contributed by atoms with Crippen molar-refractivity contribution in [2.24, 2.45) is 0 Å². The number of amides is 1. The van der Waals surface area contributed by atoms with Crippen LogP contribution in [-0.4, -0.2) is 44.6 Å². The minimum Gasteiger partial charge on any atom is -0.394 e. The van der Waals surface area contributed by atoms with Crippen molar-refractivity contribution >= 4 is 5.91 Å². The van der Waals surface area contributed by atoms with E-state index in [-0.39, 0.29) is 16.9 Å². The zero-order chi connectivity index (χ0) is 24.4. The highest BCUT2D eigenvalue weighted by Gasteiger charge is 2.40. The Bertz CT molecular complexity index is 1190. The van der Waals surface area contributed by atoms with Gasteiger partial charge in [-0.05, 0) is 30.3 Å². The molecule has 13 heteroatoms. The molecular weight excluding hydrogens is 458 g/mol. The summed E-state index contributed by atoms with van der Waals surface area (Å²) in [6, 6.07) is 4.61. The topological polar surface area (TPSA) is 97.1 Å². The fourth-order valence-electron chi connectivity index (χ4n) is 2.75. The number of aliphatic hydroxyl groups is 1. The van der Waals surface area contributed by atoms with Crippen LogP contribution in [0.4, 0.5) is 26.3 Å². The molecule has 1 atom stereocenters. The van der Waals surface area contributed by atoms with E-state index >= 15 is 0 Å². The van der Waals surface area contributed by atoms with Gasteiger partial charge in [-0.1, -0.05) is 12.1 Å². The highest BCUT2D eigenvalue weighted by Crippen LogP contribution is 2.30. The fraction of sp³-hybridized carbons (Fsp3) is 0.200. The molecule has 0 fully saturated rings. The Labute approximate surface area is 181 Å². The van der Waals surface area contributed by atoms with Gasteiger partial charge in [0.15, 0.2) is 0 Å². The lowest BCUT2D eigenvalue weighted by Gasteiger charge is -2.19. The molecular formula is C20H14F6N4O3. The molecule has 0 aliphatic rings. The lowest BCUT2D eigenvalue weighted by molar-refractivity contribution is -0.161. The molecule has 0 spiro atoms. The number of aromatic nitrogens is 3. The van der Waals surface area contributed by atoms with Gasteiger partial charge in [0.25, 0.3) is 11.5 Å². The van der Waals surface area contributed by atoms with E-state index in [1.165, 1.54) is 29.8 Å². The standard InChI is InChI=1S/C20H14F6N4O3/c21-19(22,23)12-5-3-11(4-6-12)15-8-14(17(32)28-16(10-31)20(24,25)26)18(33)30(29-15)13-2-1-7-27-9-13/h1-9,16,31H,10H2,(H,28,32)/t16-/m1/s1. The summed E-state index contributed by atoms with van der Waals surface area (Å²) in [5.74, 6) is -1.45. The Hall–Kier alpha value is -3.74. The van der Waals surface area contributed by atoms with E-state index in [2.05, 4.69) is 10.1 Å². The van der Waals surface area contributed by atoms with Gasteiger partial charge in [0.1, 0.15) is 11.6 Å². The van der Waals surface area contributed by atoms with Crippen LogP contribution in [0, 0.1) is 0 Å². The summed E-state index contributed by atoms with van der Waals surface area (Å²) in [5, 5.41) is 14.5. The molecule has 174 valence electrons. The Morgan fingerprint density at radius 1 is 1.09 bits per heavy atom. The largest absolute Gasteiger partial charge is 0.416 e. The van der Waals surface area contributed by atoms with E-state index in [4.69, 9.17) is 5.11 Å². The summed E-state index contributed by atoms with van der Waals surface area (Å²) >= 11 is 0. The summed E-state index contributed by atoms with van der Waals surface area (Å²) < 4.78 is 78.1. The number of rotatable bonds is 5. The molecule has 0 aliphatic carbocycles. The summed E-state index contributed by atoms with van der Waals surface area (Å²) in [7, 11) is 0. The lowest BCUT2D eigenvalue weighted by Crippen LogP contribution is -2.49. The zero-order valence-electron chi connectivity index (χ0n) is 16.4. The Balaban J connectivity index is 2.13. The molecule has 3 aromatic rings. The van der Waals surface area contributed by atoms with Crippen LogP contribution < -0.4 is 10.9 Å². The third kappa shape index (κ3) is 5.37. The first-order valence-electron chi connectivity index (χ1n) is 9.12. The minimum atomic E-state index is -4.99. The summed E-state index contributed by atoms with van der Waals surface area (Å²) in [4.78, 5) is 29.1. The van der Waals surface area contributed by atoms with Crippen LogP contribution in [0.5, 0.6) is 0 Å². The molecule has 1 amide bonds. The number of benzene rings is 1. The number of nitrogens with zero attached hydrogens (tertiary/aromatic N) is 3. The van der Waals surface area contributed by atoms with Gasteiger partial charge < -0.3 is 10.4 Å². The minimum absolute atomic E-state index is 0.0554. The van der Waals surface area contributed by atoms with Gasteiger partial charge in [0.05, 0.1) is 29.7 Å². The highest BCUT2D eigenvalue weighted by atomic mass is 19.4. The second-order valence-electron chi connectivity index (χ2n) is 6.70. The van der Waals surface area contributed by atoms with Crippen molar-refractivity contribution in [2.45, 2.75) is 18.4 Å². The van der Waals surface area contributed by atoms with Crippen molar-refractivity contribution in [3.8, 4) is 16.9 Å². The lowest BCUT2D eigenvalue weighted by atomic mass is 10.1. The molecule has 0 bridgehead atoms. The van der Waals surface area contributed by atoms with E-state index < -0.39 is 47.6 Å². The van der Waals surface area contributed by atoms with E-state index in [9.17, 15) is 35.9 Å². The van der Waals surface area contributed by atoms with Crippen LogP contribution in [0.1, 0.15) is 15.9 Å². The van der Waals surface area contributed by atoms with Gasteiger partial charge >= 0.3 is 12.4 Å². The maximum absolute atomic E-state index is 12.9. The third-order valence-corrected chi connectivity index (χ3v) is 4.44. The van der Waals surface area contributed by atoms with E-state index in [0.717, 1.165) is 30.3 Å². The number of halogens is 6. The van der Waals surface area contributed by atoms with Gasteiger partial charge in [-0.15, -0.1) is 0 Å². The molecule has 3 rings (SSSR count). The normalized spacial score (nSPS) is 12.9. The van der Waals surface area contributed by atoms with Gasteiger partial charge in [0, 0.05) is 11.8 Å². The summed E-state index contributed by atoms with van der Waals surface area (Å²) in [5.41, 5.74) is -2.88. The number of alkyl halides is 6. The van der Waals surface area contributed by atoms with Crippen molar-refractivity contribution in [1.29, 1.82) is 0 Å². The molecule has 0 saturated carbocycles. The van der Waals surface area contributed by atoms with Crippen molar-refractivity contribution in [3.05, 3.63) is 76.3 Å². The van der Waals surface area contributed by atoms with Crippen molar-refractivity contribution in [1.82, 2.24) is 20.1 Å². The van der Waals surface area contributed by atoms with Crippen molar-refractivity contribution in [3.63, 3.8) is 0 Å². The van der Waals surface area contributed by atoms with Gasteiger partial charge in [-0.25, -0.2) is 0 Å². The second kappa shape index (κ2) is 9.02. The van der Waals surface area contributed by atoms with Crippen molar-refractivity contribution in [2.75, 3.05) is 6.61 Å². The number of aliphatic hydroxyl groups excluding tert-OH is 1. The van der Waals surface area contributed by atoms with Gasteiger partial charge in [-0.2, -0.15) is 36.1 Å². The maximum atomic E-state index is 12.9. The fourth-order valence-corrected chi connectivity index (χ4v) is 2.75. The molecule has 1 aromatic carbocycles. The number of carbonyl (C=O) groups excluding carboxylic acids is 1. The van der Waals surface area contributed by atoms with Crippen LogP contribution in [-0.2, 0) is 6.18 Å². The number of hydrogen-bond donors (Lipinski definition) is 2. The third-order valence-electron chi connectivity index (χ3n) is 4.44. The molecule has 2 aromatic heterocycles. The van der Waals surface area contributed by atoms with E-state index in [1.807, 2.05) is 0 Å². The Morgan fingerprint density at radius 2 is 1.76 bits per heavy atom. The maximum Gasteiger partial charge on any atom is 0.416 e. The molecule has 0 radical (unpaired) electrons. The van der Waals surface area contributed by atoms with Crippen LogP contribution in [0.3, 0.4) is 0 Å². The quantitative estimate of drug-likeness (QED) is 0.557. The average Bonchev–Trinajstić information content (AvgIpc) is 2.76. The van der Waals surface area contributed by atoms with Crippen LogP contribution in [0.25, 0.3) is 16.9 Å². The predicted molar refractivity (Wildman–Crippen MR) is 102 cm³/mol. The monoisotopic (exact) mass is 472 g/mol. The second-order valence-corrected chi connectivity index (χ2v) is 6.70. The van der Waals surface area contributed by atoms with Gasteiger partial charge in [0.2, 0.25) is 0 Å². The Morgan fingerprint density at radius 3 is 2.27 bits per heavy atom. The van der Waals surface area contributed by atoms with Crippen LogP contribution in [0.15, 0.2) is 59.7 Å². The Kier molecular flexibility index (Phi) is 6.53. The van der Waals surface area contributed by atoms with Gasteiger partial charge in [-0.3, -0.25) is 14.6 Å². The SMILES string of the molecule is O=C(N[C@H](CO)C(F)(F)F)c1cc(-c2ccc(C(F)(F)F)cc2)nn(-c2cccnc2)c1=O. The highest BCUT2D eigenvalue weighted by molar-refractivity contribution is 5.95. The molecule has 0 saturated heterocycles. The molecule has 2 heterocycles. The predicted octanol–water partition coefficient (Wildman–Crippen LogP) is 2.97. The molecule has 0 unspecified atom stereocenters. The molecule has 2 N–H and O–H groups in total. The van der Waals surface area contributed by atoms with Crippen LogP contribution >= 0.6 is 0 Å². The number of pyridine rings is 1. The summed E-state index contributed by atoms with van der Waals surface area (Å²) in [6.07, 6.45) is -7.03. The number of hydrogen-bond acceptors (Lipinski definition) is 5. The van der Waals surface area contributed by atoms with Crippen molar-refractivity contribution < 1.29 is 36.2 Å². The first-order chi connectivity index (χ1) is 15.4. The molecule has 7 nitrogen and oxygen atoms in total. The average molecular weight is 472 g/mol. The zero-order valence-corrected chi connectivity index (χ0v) is 16.4. The smallest absolute Gasteiger partial charge is 0.394 e. The first-order valence-corrected chi connectivity index (χ1v) is 9.12. The molecule has 0 aliphatic heterocycles. The summed E-state index contributed by atoms with van der Waals surface area (Å²) in [6.45, 7) is -1.47. The molecule has 33 heavy (non-hydrogen) atoms.